The second kappa shape index (κ2) is 5.16. The molecule has 0 radical (unpaired) electrons. The molecular formula is C14H24O. The molecule has 86 valence electrons. The van der Waals surface area contributed by atoms with Crippen molar-refractivity contribution in [3.05, 3.63) is 11.6 Å². The van der Waals surface area contributed by atoms with E-state index in [4.69, 9.17) is 0 Å². The number of hydrogen-bond acceptors (Lipinski definition) is 1. The molecule has 1 saturated carbocycles. The Morgan fingerprint density at radius 2 is 2.00 bits per heavy atom. The highest BCUT2D eigenvalue weighted by Gasteiger charge is 2.23. The first-order valence-corrected chi connectivity index (χ1v) is 6.64. The highest BCUT2D eigenvalue weighted by atomic mass is 16.3. The van der Waals surface area contributed by atoms with Crippen molar-refractivity contribution in [2.45, 2.75) is 64.4 Å². The van der Waals surface area contributed by atoms with Crippen LogP contribution in [0.2, 0.25) is 0 Å². The summed E-state index contributed by atoms with van der Waals surface area (Å²) < 4.78 is 0. The summed E-state index contributed by atoms with van der Waals surface area (Å²) in [5, 5.41) is 9.78. The highest BCUT2D eigenvalue weighted by molar-refractivity contribution is 5.12. The molecule has 3 atom stereocenters. The van der Waals surface area contributed by atoms with Gasteiger partial charge in [-0.3, -0.25) is 0 Å². The van der Waals surface area contributed by atoms with E-state index >= 15 is 0 Å². The first-order valence-electron chi connectivity index (χ1n) is 6.64. The number of allylic oxidation sites excluding steroid dienone is 1. The Labute approximate surface area is 93.6 Å². The fourth-order valence-corrected chi connectivity index (χ4v) is 3.21. The van der Waals surface area contributed by atoms with E-state index in [1.54, 1.807) is 5.57 Å². The van der Waals surface area contributed by atoms with Crippen molar-refractivity contribution in [1.82, 2.24) is 0 Å². The standard InChI is InChI=1S/C14H24O/c1-11-5-4-7-12(9-11)13-6-2-3-8-14(15)10-13/h10-12,14-15H,2-9H2,1H3. The molecule has 1 N–H and O–H groups in total. The van der Waals surface area contributed by atoms with Gasteiger partial charge in [0.15, 0.2) is 0 Å². The molecule has 0 bridgehead atoms. The normalized spacial score (nSPS) is 38.3. The Balaban J connectivity index is 2.00. The van der Waals surface area contributed by atoms with Crippen LogP contribution in [-0.2, 0) is 0 Å². The predicted octanol–water partition coefficient (Wildman–Crippen LogP) is 3.67. The van der Waals surface area contributed by atoms with Crippen molar-refractivity contribution in [1.29, 1.82) is 0 Å². The summed E-state index contributed by atoms with van der Waals surface area (Å²) >= 11 is 0. The van der Waals surface area contributed by atoms with Crippen molar-refractivity contribution in [2.24, 2.45) is 11.8 Å². The van der Waals surface area contributed by atoms with Gasteiger partial charge in [-0.05, 0) is 43.9 Å². The molecule has 0 aromatic rings. The zero-order chi connectivity index (χ0) is 10.7. The first kappa shape index (κ1) is 11.2. The number of aliphatic hydroxyl groups excluding tert-OH is 1. The van der Waals surface area contributed by atoms with Crippen LogP contribution in [0.3, 0.4) is 0 Å². The molecule has 1 nitrogen and oxygen atoms in total. The zero-order valence-corrected chi connectivity index (χ0v) is 9.91. The monoisotopic (exact) mass is 208 g/mol. The van der Waals surface area contributed by atoms with Crippen LogP contribution >= 0.6 is 0 Å². The van der Waals surface area contributed by atoms with Gasteiger partial charge in [-0.25, -0.2) is 0 Å². The van der Waals surface area contributed by atoms with Gasteiger partial charge in [0, 0.05) is 0 Å². The topological polar surface area (TPSA) is 20.2 Å². The first-order chi connectivity index (χ1) is 7.25. The van der Waals surface area contributed by atoms with Crippen molar-refractivity contribution < 1.29 is 5.11 Å². The molecule has 0 aliphatic heterocycles. The Bertz CT molecular complexity index is 231. The van der Waals surface area contributed by atoms with E-state index in [9.17, 15) is 5.11 Å². The third-order valence-corrected chi connectivity index (χ3v) is 4.08. The Morgan fingerprint density at radius 3 is 2.80 bits per heavy atom. The maximum atomic E-state index is 9.78. The summed E-state index contributed by atoms with van der Waals surface area (Å²) in [5.74, 6) is 1.69. The molecule has 15 heavy (non-hydrogen) atoms. The molecule has 3 unspecified atom stereocenters. The van der Waals surface area contributed by atoms with Crippen LogP contribution in [0.25, 0.3) is 0 Å². The molecular weight excluding hydrogens is 184 g/mol. The van der Waals surface area contributed by atoms with Crippen molar-refractivity contribution in [2.75, 3.05) is 0 Å². The van der Waals surface area contributed by atoms with Gasteiger partial charge in [-0.1, -0.05) is 37.8 Å². The molecule has 0 amide bonds. The summed E-state index contributed by atoms with van der Waals surface area (Å²) in [6.45, 7) is 2.37. The largest absolute Gasteiger partial charge is 0.389 e. The van der Waals surface area contributed by atoms with Crippen LogP contribution < -0.4 is 0 Å². The van der Waals surface area contributed by atoms with E-state index in [0.717, 1.165) is 18.3 Å². The van der Waals surface area contributed by atoms with Gasteiger partial charge in [0.2, 0.25) is 0 Å². The summed E-state index contributed by atoms with van der Waals surface area (Å²) in [5.41, 5.74) is 1.58. The maximum absolute atomic E-state index is 9.78. The second-order valence-corrected chi connectivity index (χ2v) is 5.52. The third-order valence-electron chi connectivity index (χ3n) is 4.08. The van der Waals surface area contributed by atoms with Crippen molar-refractivity contribution in [3.8, 4) is 0 Å². The quantitative estimate of drug-likeness (QED) is 0.652. The highest BCUT2D eigenvalue weighted by Crippen LogP contribution is 2.36. The fraction of sp³-hybridized carbons (Fsp3) is 0.857. The van der Waals surface area contributed by atoms with E-state index in [-0.39, 0.29) is 6.10 Å². The molecule has 1 fully saturated rings. The second-order valence-electron chi connectivity index (χ2n) is 5.52. The van der Waals surface area contributed by atoms with Crippen LogP contribution in [0.15, 0.2) is 11.6 Å². The molecule has 2 rings (SSSR count). The van der Waals surface area contributed by atoms with Gasteiger partial charge >= 0.3 is 0 Å². The Hall–Kier alpha value is -0.300. The van der Waals surface area contributed by atoms with Gasteiger partial charge in [-0.15, -0.1) is 0 Å². The van der Waals surface area contributed by atoms with E-state index in [1.165, 1.54) is 44.9 Å². The maximum Gasteiger partial charge on any atom is 0.0723 e. The molecule has 0 heterocycles. The number of rotatable bonds is 1. The fourth-order valence-electron chi connectivity index (χ4n) is 3.21. The lowest BCUT2D eigenvalue weighted by molar-refractivity contribution is 0.209. The number of aliphatic hydroxyl groups is 1. The minimum absolute atomic E-state index is 0.153. The van der Waals surface area contributed by atoms with E-state index < -0.39 is 0 Å². The zero-order valence-electron chi connectivity index (χ0n) is 9.91. The van der Waals surface area contributed by atoms with Crippen LogP contribution in [0.5, 0.6) is 0 Å². The molecule has 0 spiro atoms. The smallest absolute Gasteiger partial charge is 0.0723 e. The van der Waals surface area contributed by atoms with E-state index in [2.05, 4.69) is 13.0 Å². The van der Waals surface area contributed by atoms with Gasteiger partial charge < -0.3 is 5.11 Å². The number of hydrogen-bond donors (Lipinski definition) is 1. The summed E-state index contributed by atoms with van der Waals surface area (Å²) in [6, 6.07) is 0. The van der Waals surface area contributed by atoms with Gasteiger partial charge in [0.05, 0.1) is 6.10 Å². The van der Waals surface area contributed by atoms with Crippen LogP contribution in [0.4, 0.5) is 0 Å². The molecule has 1 heteroatoms. The van der Waals surface area contributed by atoms with Crippen molar-refractivity contribution >= 4 is 0 Å². The average Bonchev–Trinajstić information content (AvgIpc) is 2.43. The van der Waals surface area contributed by atoms with Gasteiger partial charge in [0.25, 0.3) is 0 Å². The molecule has 2 aliphatic rings. The Kier molecular flexibility index (Phi) is 3.85. The lowest BCUT2D eigenvalue weighted by Crippen LogP contribution is -2.16. The summed E-state index contributed by atoms with van der Waals surface area (Å²) in [7, 11) is 0. The van der Waals surface area contributed by atoms with E-state index in [1.807, 2.05) is 0 Å². The van der Waals surface area contributed by atoms with Crippen LogP contribution in [0.1, 0.15) is 58.3 Å². The lowest BCUT2D eigenvalue weighted by atomic mass is 9.77. The average molecular weight is 208 g/mol. The van der Waals surface area contributed by atoms with E-state index in [0.29, 0.717) is 0 Å². The third kappa shape index (κ3) is 3.07. The molecule has 0 aromatic heterocycles. The summed E-state index contributed by atoms with van der Waals surface area (Å²) in [4.78, 5) is 0. The SMILES string of the molecule is CC1CCCC(C2=CC(O)CCCC2)C1. The minimum atomic E-state index is -0.153. The lowest BCUT2D eigenvalue weighted by Gasteiger charge is -2.29. The van der Waals surface area contributed by atoms with Crippen molar-refractivity contribution in [3.63, 3.8) is 0 Å². The molecule has 2 aliphatic carbocycles. The molecule has 0 aromatic carbocycles. The Morgan fingerprint density at radius 1 is 1.13 bits per heavy atom. The molecule has 0 saturated heterocycles. The predicted molar refractivity (Wildman–Crippen MR) is 63.7 cm³/mol. The van der Waals surface area contributed by atoms with Gasteiger partial charge in [-0.2, -0.15) is 0 Å². The minimum Gasteiger partial charge on any atom is -0.389 e. The van der Waals surface area contributed by atoms with Crippen LogP contribution in [0, 0.1) is 11.8 Å². The van der Waals surface area contributed by atoms with Gasteiger partial charge in [0.1, 0.15) is 0 Å². The van der Waals surface area contributed by atoms with Crippen LogP contribution in [-0.4, -0.2) is 11.2 Å². The summed E-state index contributed by atoms with van der Waals surface area (Å²) in [6.07, 6.45) is 12.2.